The maximum Gasteiger partial charge on any atom is 0.339 e. The van der Waals surface area contributed by atoms with E-state index in [1.807, 2.05) is 6.92 Å². The van der Waals surface area contributed by atoms with Gasteiger partial charge in [-0.15, -0.1) is 0 Å². The summed E-state index contributed by atoms with van der Waals surface area (Å²) >= 11 is 0. The molecule has 1 aromatic carbocycles. The summed E-state index contributed by atoms with van der Waals surface area (Å²) in [5.74, 6) is -0.574. The van der Waals surface area contributed by atoms with E-state index in [0.29, 0.717) is 19.5 Å². The summed E-state index contributed by atoms with van der Waals surface area (Å²) in [6.07, 6.45) is 0.612. The van der Waals surface area contributed by atoms with E-state index in [1.165, 1.54) is 23.5 Å². The summed E-state index contributed by atoms with van der Waals surface area (Å²) in [6, 6.07) is 6.10. The van der Waals surface area contributed by atoms with Gasteiger partial charge in [0.05, 0.1) is 17.6 Å². The molecule has 2 atom stereocenters. The Bertz CT molecular complexity index is 630. The predicted octanol–water partition coefficient (Wildman–Crippen LogP) is 0.831. The van der Waals surface area contributed by atoms with Crippen molar-refractivity contribution in [2.24, 2.45) is 11.7 Å². The van der Waals surface area contributed by atoms with Crippen molar-refractivity contribution in [2.45, 2.75) is 24.3 Å². The standard InChI is InChI=1S/C14H20N2O4S/c1-10-9-16(8-7-12(10)15)21(18,19)13-6-4-3-5-11(13)14(17)20-2/h3-6,10,12H,7-9,15H2,1-2H3. The van der Waals surface area contributed by atoms with Gasteiger partial charge in [-0.2, -0.15) is 4.31 Å². The molecule has 1 aromatic rings. The fourth-order valence-corrected chi connectivity index (χ4v) is 4.19. The quantitative estimate of drug-likeness (QED) is 0.835. The third-order valence-corrected chi connectivity index (χ3v) is 5.77. The van der Waals surface area contributed by atoms with Gasteiger partial charge < -0.3 is 10.5 Å². The number of nitrogens with two attached hydrogens (primary N) is 1. The van der Waals surface area contributed by atoms with Gasteiger partial charge >= 0.3 is 5.97 Å². The van der Waals surface area contributed by atoms with E-state index < -0.39 is 16.0 Å². The Hall–Kier alpha value is -1.44. The van der Waals surface area contributed by atoms with Gasteiger partial charge in [0, 0.05) is 19.1 Å². The Morgan fingerprint density at radius 2 is 2.05 bits per heavy atom. The Morgan fingerprint density at radius 1 is 1.38 bits per heavy atom. The van der Waals surface area contributed by atoms with Crippen molar-refractivity contribution < 1.29 is 17.9 Å². The van der Waals surface area contributed by atoms with Crippen molar-refractivity contribution in [3.05, 3.63) is 29.8 Å². The average molecular weight is 312 g/mol. The summed E-state index contributed by atoms with van der Waals surface area (Å²) < 4.78 is 31.6. The molecule has 0 radical (unpaired) electrons. The maximum absolute atomic E-state index is 12.8. The van der Waals surface area contributed by atoms with Gasteiger partial charge in [-0.1, -0.05) is 19.1 Å². The molecule has 0 spiro atoms. The molecule has 0 bridgehead atoms. The average Bonchev–Trinajstić information content (AvgIpc) is 2.49. The second-order valence-corrected chi connectivity index (χ2v) is 7.19. The zero-order chi connectivity index (χ0) is 15.6. The molecule has 21 heavy (non-hydrogen) atoms. The zero-order valence-electron chi connectivity index (χ0n) is 12.2. The number of esters is 1. The first-order valence-corrected chi connectivity index (χ1v) is 8.25. The van der Waals surface area contributed by atoms with Crippen LogP contribution in [0.3, 0.4) is 0 Å². The number of methoxy groups -OCH3 is 1. The molecule has 7 heteroatoms. The number of hydrogen-bond acceptors (Lipinski definition) is 5. The molecule has 2 unspecified atom stereocenters. The molecule has 1 fully saturated rings. The van der Waals surface area contributed by atoms with Crippen LogP contribution in [0, 0.1) is 5.92 Å². The van der Waals surface area contributed by atoms with Crippen molar-refractivity contribution in [3.63, 3.8) is 0 Å². The first-order chi connectivity index (χ1) is 9.87. The van der Waals surface area contributed by atoms with E-state index in [4.69, 9.17) is 5.73 Å². The van der Waals surface area contributed by atoms with Crippen LogP contribution in [0.2, 0.25) is 0 Å². The van der Waals surface area contributed by atoms with E-state index in [0.717, 1.165) is 0 Å². The van der Waals surface area contributed by atoms with Crippen molar-refractivity contribution in [1.82, 2.24) is 4.31 Å². The Morgan fingerprint density at radius 3 is 2.67 bits per heavy atom. The number of piperidine rings is 1. The van der Waals surface area contributed by atoms with Gasteiger partial charge in [0.2, 0.25) is 10.0 Å². The molecule has 0 saturated carbocycles. The second kappa shape index (κ2) is 6.13. The van der Waals surface area contributed by atoms with Crippen LogP contribution < -0.4 is 5.73 Å². The molecule has 1 aliphatic rings. The van der Waals surface area contributed by atoms with Gasteiger partial charge in [0.15, 0.2) is 0 Å². The molecule has 0 aromatic heterocycles. The summed E-state index contributed by atoms with van der Waals surface area (Å²) in [5.41, 5.74) is 5.98. The van der Waals surface area contributed by atoms with Crippen molar-refractivity contribution in [1.29, 1.82) is 0 Å². The van der Waals surface area contributed by atoms with Crippen molar-refractivity contribution >= 4 is 16.0 Å². The molecule has 0 aliphatic carbocycles. The van der Waals surface area contributed by atoms with Crippen LogP contribution in [0.5, 0.6) is 0 Å². The van der Waals surface area contributed by atoms with Crippen molar-refractivity contribution in [2.75, 3.05) is 20.2 Å². The van der Waals surface area contributed by atoms with Gasteiger partial charge in [-0.3, -0.25) is 0 Å². The lowest BCUT2D eigenvalue weighted by atomic mass is 9.96. The minimum atomic E-state index is -3.73. The highest BCUT2D eigenvalue weighted by molar-refractivity contribution is 7.89. The first kappa shape index (κ1) is 15.9. The highest BCUT2D eigenvalue weighted by atomic mass is 32.2. The van der Waals surface area contributed by atoms with E-state index in [-0.39, 0.29) is 22.4 Å². The molecule has 1 saturated heterocycles. The Labute approximate surface area is 124 Å². The molecule has 6 nitrogen and oxygen atoms in total. The van der Waals surface area contributed by atoms with Crippen LogP contribution in [0.25, 0.3) is 0 Å². The van der Waals surface area contributed by atoms with E-state index in [2.05, 4.69) is 4.74 Å². The number of nitrogens with zero attached hydrogens (tertiary/aromatic N) is 1. The lowest BCUT2D eigenvalue weighted by molar-refractivity contribution is 0.0596. The van der Waals surface area contributed by atoms with Gasteiger partial charge in [0.1, 0.15) is 0 Å². The molecular weight excluding hydrogens is 292 g/mol. The SMILES string of the molecule is COC(=O)c1ccccc1S(=O)(=O)N1CCC(N)C(C)C1. The minimum Gasteiger partial charge on any atom is -0.465 e. The lowest BCUT2D eigenvalue weighted by Crippen LogP contribution is -2.48. The third-order valence-electron chi connectivity index (χ3n) is 3.84. The first-order valence-electron chi connectivity index (χ1n) is 6.81. The van der Waals surface area contributed by atoms with Crippen LogP contribution in [0.4, 0.5) is 0 Å². The number of carbonyl (C=O) groups is 1. The van der Waals surface area contributed by atoms with E-state index in [1.54, 1.807) is 12.1 Å². The number of ether oxygens (including phenoxy) is 1. The number of sulfonamides is 1. The highest BCUT2D eigenvalue weighted by Crippen LogP contribution is 2.25. The van der Waals surface area contributed by atoms with Crippen LogP contribution in [-0.2, 0) is 14.8 Å². The number of benzene rings is 1. The molecule has 1 heterocycles. The highest BCUT2D eigenvalue weighted by Gasteiger charge is 2.34. The van der Waals surface area contributed by atoms with Crippen molar-refractivity contribution in [3.8, 4) is 0 Å². The second-order valence-electron chi connectivity index (χ2n) is 5.28. The smallest absolute Gasteiger partial charge is 0.339 e. The van der Waals surface area contributed by atoms with Crippen LogP contribution >= 0.6 is 0 Å². The summed E-state index contributed by atoms with van der Waals surface area (Å²) in [6.45, 7) is 2.65. The molecule has 2 rings (SSSR count). The fraction of sp³-hybridized carbons (Fsp3) is 0.500. The predicted molar refractivity (Wildman–Crippen MR) is 78.3 cm³/mol. The zero-order valence-corrected chi connectivity index (χ0v) is 13.0. The Kier molecular flexibility index (Phi) is 4.65. The largest absolute Gasteiger partial charge is 0.465 e. The van der Waals surface area contributed by atoms with Crippen LogP contribution in [-0.4, -0.2) is 44.9 Å². The minimum absolute atomic E-state index is 0.00676. The van der Waals surface area contributed by atoms with Gasteiger partial charge in [-0.05, 0) is 24.5 Å². The number of rotatable bonds is 3. The summed E-state index contributed by atoms with van der Waals surface area (Å²) in [7, 11) is -2.50. The fourth-order valence-electron chi connectivity index (χ4n) is 2.45. The monoisotopic (exact) mass is 312 g/mol. The molecular formula is C14H20N2O4S. The van der Waals surface area contributed by atoms with E-state index in [9.17, 15) is 13.2 Å². The molecule has 2 N–H and O–H groups in total. The Balaban J connectivity index is 2.39. The number of hydrogen-bond donors (Lipinski definition) is 1. The normalized spacial score (nSPS) is 23.8. The molecule has 116 valence electrons. The maximum atomic E-state index is 12.8. The van der Waals surface area contributed by atoms with Crippen LogP contribution in [0.1, 0.15) is 23.7 Å². The van der Waals surface area contributed by atoms with Gasteiger partial charge in [0.25, 0.3) is 0 Å². The number of carbonyl (C=O) groups excluding carboxylic acids is 1. The topological polar surface area (TPSA) is 89.7 Å². The third kappa shape index (κ3) is 3.09. The summed E-state index contributed by atoms with van der Waals surface area (Å²) in [4.78, 5) is 11.7. The van der Waals surface area contributed by atoms with Crippen LogP contribution in [0.15, 0.2) is 29.2 Å². The summed E-state index contributed by atoms with van der Waals surface area (Å²) in [5, 5.41) is 0. The lowest BCUT2D eigenvalue weighted by Gasteiger charge is -2.34. The molecule has 0 amide bonds. The van der Waals surface area contributed by atoms with E-state index >= 15 is 0 Å². The molecule has 1 aliphatic heterocycles. The van der Waals surface area contributed by atoms with Gasteiger partial charge in [-0.25, -0.2) is 13.2 Å².